The van der Waals surface area contributed by atoms with E-state index in [1.807, 2.05) is 0 Å². The van der Waals surface area contributed by atoms with Crippen molar-refractivity contribution in [2.24, 2.45) is 0 Å². The van der Waals surface area contributed by atoms with Gasteiger partial charge in [0.15, 0.2) is 0 Å². The van der Waals surface area contributed by atoms with Crippen molar-refractivity contribution in [3.8, 4) is 0 Å². The van der Waals surface area contributed by atoms with Crippen LogP contribution in [0.2, 0.25) is 5.02 Å². The van der Waals surface area contributed by atoms with Gasteiger partial charge in [0.2, 0.25) is 11.8 Å². The van der Waals surface area contributed by atoms with Gasteiger partial charge in [-0.25, -0.2) is 12.8 Å². The second-order valence-corrected chi connectivity index (χ2v) is 12.8. The molecule has 3 aromatic carbocycles. The smallest absolute Gasteiger partial charge is 0.350 e. The van der Waals surface area contributed by atoms with Crippen molar-refractivity contribution in [1.82, 2.24) is 10.2 Å². The Balaban J connectivity index is 2.13. The average Bonchev–Trinajstić information content (AvgIpc) is 2.90. The number of halogens is 5. The zero-order chi connectivity index (χ0) is 31.5. The van der Waals surface area contributed by atoms with Crippen LogP contribution in [0.25, 0.3) is 0 Å². The highest BCUT2D eigenvalue weighted by Gasteiger charge is 2.37. The Kier molecular flexibility index (Phi) is 9.94. The SMILES string of the molecule is CC(C(=O)NC(C)(C)C)N(Cc1ccccc1F)C(=O)CN(c1ccc(Cl)c(C(F)(F)F)c1)S(=O)(=O)c1ccccc1. The van der Waals surface area contributed by atoms with Gasteiger partial charge in [-0.05, 0) is 64.1 Å². The lowest BCUT2D eigenvalue weighted by Gasteiger charge is -2.33. The number of nitrogens with one attached hydrogen (secondary N) is 1. The third kappa shape index (κ3) is 8.01. The van der Waals surface area contributed by atoms with E-state index in [1.165, 1.54) is 49.4 Å². The molecule has 1 unspecified atom stereocenters. The van der Waals surface area contributed by atoms with Gasteiger partial charge in [0.25, 0.3) is 10.0 Å². The molecule has 0 bridgehead atoms. The molecule has 0 fully saturated rings. The Hall–Kier alpha value is -3.64. The molecule has 0 saturated carbocycles. The van der Waals surface area contributed by atoms with Crippen molar-refractivity contribution in [3.05, 3.63) is 94.8 Å². The summed E-state index contributed by atoms with van der Waals surface area (Å²) in [4.78, 5) is 27.6. The van der Waals surface area contributed by atoms with Crippen molar-refractivity contribution in [2.75, 3.05) is 10.8 Å². The minimum atomic E-state index is -4.92. The molecule has 0 radical (unpaired) electrons. The third-order valence-corrected chi connectivity index (χ3v) is 8.24. The van der Waals surface area contributed by atoms with E-state index in [0.29, 0.717) is 10.4 Å². The van der Waals surface area contributed by atoms with E-state index in [-0.39, 0.29) is 10.5 Å². The molecular formula is C29H30ClF4N3O4S. The van der Waals surface area contributed by atoms with E-state index >= 15 is 0 Å². The first-order valence-corrected chi connectivity index (χ1v) is 14.5. The normalized spacial score (nSPS) is 12.9. The van der Waals surface area contributed by atoms with Crippen LogP contribution in [0, 0.1) is 5.82 Å². The molecule has 3 aromatic rings. The highest BCUT2D eigenvalue weighted by Crippen LogP contribution is 2.38. The summed E-state index contributed by atoms with van der Waals surface area (Å²) in [5, 5.41) is 2.06. The van der Waals surface area contributed by atoms with Gasteiger partial charge in [-0.2, -0.15) is 13.2 Å². The number of benzene rings is 3. The molecule has 42 heavy (non-hydrogen) atoms. The molecule has 0 heterocycles. The predicted molar refractivity (Wildman–Crippen MR) is 152 cm³/mol. The number of hydrogen-bond acceptors (Lipinski definition) is 4. The lowest BCUT2D eigenvalue weighted by atomic mass is 10.1. The van der Waals surface area contributed by atoms with Gasteiger partial charge < -0.3 is 10.2 Å². The minimum Gasteiger partial charge on any atom is -0.350 e. The van der Waals surface area contributed by atoms with E-state index in [9.17, 15) is 35.6 Å². The van der Waals surface area contributed by atoms with Crippen molar-refractivity contribution in [1.29, 1.82) is 0 Å². The lowest BCUT2D eigenvalue weighted by Crippen LogP contribution is -2.54. The fraction of sp³-hybridized carbons (Fsp3) is 0.310. The van der Waals surface area contributed by atoms with Crippen molar-refractivity contribution >= 4 is 39.1 Å². The third-order valence-electron chi connectivity index (χ3n) is 6.12. The monoisotopic (exact) mass is 627 g/mol. The fourth-order valence-corrected chi connectivity index (χ4v) is 5.65. The first kappa shape index (κ1) is 32.9. The summed E-state index contributed by atoms with van der Waals surface area (Å²) in [5.74, 6) is -2.23. The number of carbonyl (C=O) groups is 2. The number of hydrogen-bond donors (Lipinski definition) is 1. The Bertz CT molecular complexity index is 1540. The first-order chi connectivity index (χ1) is 19.4. The van der Waals surface area contributed by atoms with Crippen LogP contribution in [0.4, 0.5) is 23.2 Å². The van der Waals surface area contributed by atoms with E-state index < -0.39 is 74.8 Å². The molecule has 226 valence electrons. The molecule has 7 nitrogen and oxygen atoms in total. The second kappa shape index (κ2) is 12.7. The second-order valence-electron chi connectivity index (χ2n) is 10.5. The molecule has 0 aliphatic rings. The average molecular weight is 628 g/mol. The zero-order valence-electron chi connectivity index (χ0n) is 23.2. The Morgan fingerprint density at radius 3 is 2.12 bits per heavy atom. The van der Waals surface area contributed by atoms with Crippen LogP contribution < -0.4 is 9.62 Å². The maximum absolute atomic E-state index is 14.6. The van der Waals surface area contributed by atoms with E-state index in [0.717, 1.165) is 23.1 Å². The first-order valence-electron chi connectivity index (χ1n) is 12.7. The molecule has 0 aromatic heterocycles. The van der Waals surface area contributed by atoms with E-state index in [1.54, 1.807) is 26.8 Å². The van der Waals surface area contributed by atoms with E-state index in [2.05, 4.69) is 5.32 Å². The van der Waals surface area contributed by atoms with Gasteiger partial charge >= 0.3 is 6.18 Å². The Morgan fingerprint density at radius 2 is 1.55 bits per heavy atom. The van der Waals surface area contributed by atoms with Gasteiger partial charge in [0.05, 0.1) is 21.2 Å². The fourth-order valence-electron chi connectivity index (χ4n) is 4.00. The Labute approximate surface area is 247 Å². The van der Waals surface area contributed by atoms with Crippen molar-refractivity contribution in [3.63, 3.8) is 0 Å². The predicted octanol–water partition coefficient (Wildman–Crippen LogP) is 6.03. The molecule has 3 rings (SSSR count). The molecule has 0 spiro atoms. The molecule has 0 aliphatic carbocycles. The largest absolute Gasteiger partial charge is 0.417 e. The summed E-state index contributed by atoms with van der Waals surface area (Å²) in [6.07, 6.45) is -4.92. The lowest BCUT2D eigenvalue weighted by molar-refractivity contribution is -0.140. The van der Waals surface area contributed by atoms with Gasteiger partial charge in [0, 0.05) is 17.6 Å². The molecule has 0 aliphatic heterocycles. The van der Waals surface area contributed by atoms with Crippen LogP contribution in [-0.2, 0) is 32.3 Å². The van der Waals surface area contributed by atoms with Crippen LogP contribution in [0.1, 0.15) is 38.8 Å². The minimum absolute atomic E-state index is 0.0459. The summed E-state index contributed by atoms with van der Waals surface area (Å²) in [5.41, 5.74) is -2.44. The van der Waals surface area contributed by atoms with Gasteiger partial charge in [0.1, 0.15) is 18.4 Å². The van der Waals surface area contributed by atoms with Crippen molar-refractivity contribution in [2.45, 2.75) is 56.9 Å². The number of amides is 2. The molecule has 1 atom stereocenters. The maximum Gasteiger partial charge on any atom is 0.417 e. The summed E-state index contributed by atoms with van der Waals surface area (Å²) < 4.78 is 83.7. The molecule has 13 heteroatoms. The zero-order valence-corrected chi connectivity index (χ0v) is 24.8. The summed E-state index contributed by atoms with van der Waals surface area (Å²) in [7, 11) is -4.61. The standard InChI is InChI=1S/C29H30ClF4N3O4S/c1-19(27(39)35-28(2,3)4)36(17-20-10-8-9-13-25(20)31)26(38)18-37(42(40,41)22-11-6-5-7-12-22)21-14-15-24(30)23(16-21)29(32,33)34/h5-16,19H,17-18H2,1-4H3,(H,35,39). The number of sulfonamides is 1. The highest BCUT2D eigenvalue weighted by atomic mass is 35.5. The summed E-state index contributed by atoms with van der Waals surface area (Å²) in [6.45, 7) is 5.12. The number of carbonyl (C=O) groups excluding carboxylic acids is 2. The number of alkyl halides is 3. The molecule has 2 amide bonds. The highest BCUT2D eigenvalue weighted by molar-refractivity contribution is 7.92. The van der Waals surface area contributed by atoms with Crippen LogP contribution in [0.5, 0.6) is 0 Å². The van der Waals surface area contributed by atoms with Crippen LogP contribution >= 0.6 is 11.6 Å². The topological polar surface area (TPSA) is 86.8 Å². The van der Waals surface area contributed by atoms with Crippen LogP contribution in [0.15, 0.2) is 77.7 Å². The van der Waals surface area contributed by atoms with Crippen LogP contribution in [-0.4, -0.2) is 43.3 Å². The molecular weight excluding hydrogens is 598 g/mol. The van der Waals surface area contributed by atoms with Gasteiger partial charge in [-0.15, -0.1) is 0 Å². The van der Waals surface area contributed by atoms with E-state index in [4.69, 9.17) is 11.6 Å². The maximum atomic E-state index is 14.6. The van der Waals surface area contributed by atoms with Crippen LogP contribution in [0.3, 0.4) is 0 Å². The number of nitrogens with zero attached hydrogens (tertiary/aromatic N) is 2. The molecule has 0 saturated heterocycles. The van der Waals surface area contributed by atoms with Gasteiger partial charge in [-0.1, -0.05) is 48.0 Å². The summed E-state index contributed by atoms with van der Waals surface area (Å²) >= 11 is 5.76. The Morgan fingerprint density at radius 1 is 0.952 bits per heavy atom. The number of rotatable bonds is 9. The van der Waals surface area contributed by atoms with Crippen molar-refractivity contribution < 1.29 is 35.6 Å². The molecule has 1 N–H and O–H groups in total. The number of anilines is 1. The quantitative estimate of drug-likeness (QED) is 0.294. The summed E-state index contributed by atoms with van der Waals surface area (Å²) in [6, 6.07) is 13.6. The van der Waals surface area contributed by atoms with Gasteiger partial charge in [-0.3, -0.25) is 13.9 Å².